The van der Waals surface area contributed by atoms with E-state index in [1.165, 1.54) is 18.2 Å². The van der Waals surface area contributed by atoms with Crippen molar-refractivity contribution in [1.29, 1.82) is 0 Å². The number of benzene rings is 2. The average Bonchev–Trinajstić information content (AvgIpc) is 3.23. The van der Waals surface area contributed by atoms with Gasteiger partial charge in [-0.15, -0.1) is 0 Å². The van der Waals surface area contributed by atoms with Crippen LogP contribution in [-0.2, 0) is 11.2 Å². The molecule has 1 fully saturated rings. The lowest BCUT2D eigenvalue weighted by atomic mass is 10.1. The smallest absolute Gasteiger partial charge is 0.272 e. The van der Waals surface area contributed by atoms with Crippen molar-refractivity contribution < 1.29 is 19.2 Å². The molecule has 0 spiro atoms. The highest BCUT2D eigenvalue weighted by Crippen LogP contribution is 2.24. The topological polar surface area (TPSA) is 102 Å². The fourth-order valence-electron chi connectivity index (χ4n) is 3.98. The van der Waals surface area contributed by atoms with Gasteiger partial charge in [-0.1, -0.05) is 17.7 Å². The van der Waals surface area contributed by atoms with E-state index >= 15 is 0 Å². The summed E-state index contributed by atoms with van der Waals surface area (Å²) < 4.78 is 5.38. The molecule has 3 rings (SSSR count). The number of amides is 2. The molecule has 1 unspecified atom stereocenters. The Morgan fingerprint density at radius 2 is 2.00 bits per heavy atom. The maximum absolute atomic E-state index is 13.0. The van der Waals surface area contributed by atoms with Crippen LogP contribution in [0.3, 0.4) is 0 Å². The van der Waals surface area contributed by atoms with Crippen molar-refractivity contribution in [2.24, 2.45) is 0 Å². The minimum atomic E-state index is -0.539. The van der Waals surface area contributed by atoms with Crippen LogP contribution in [0.15, 0.2) is 36.4 Å². The summed E-state index contributed by atoms with van der Waals surface area (Å²) in [6.45, 7) is 4.53. The number of rotatable bonds is 7. The number of aryl methyl sites for hydroxylation is 2. The van der Waals surface area contributed by atoms with Crippen LogP contribution in [0.5, 0.6) is 5.75 Å². The van der Waals surface area contributed by atoms with Crippen LogP contribution in [0.25, 0.3) is 0 Å². The number of nitro benzene ring substituents is 1. The number of ether oxygens (including phenoxy) is 1. The second-order valence-electron chi connectivity index (χ2n) is 7.77. The Balaban J connectivity index is 1.64. The van der Waals surface area contributed by atoms with Crippen molar-refractivity contribution in [2.75, 3.05) is 20.2 Å². The van der Waals surface area contributed by atoms with E-state index in [0.717, 1.165) is 23.3 Å². The predicted octanol–water partition coefficient (Wildman–Crippen LogP) is 3.18. The number of carbonyl (C=O) groups excluding carboxylic acids is 2. The summed E-state index contributed by atoms with van der Waals surface area (Å²) >= 11 is 0. The lowest BCUT2D eigenvalue weighted by Gasteiger charge is -2.24. The first-order valence-electron chi connectivity index (χ1n) is 10.3. The normalized spacial score (nSPS) is 15.6. The van der Waals surface area contributed by atoms with Gasteiger partial charge in [-0.25, -0.2) is 0 Å². The summed E-state index contributed by atoms with van der Waals surface area (Å²) in [5.41, 5.74) is 2.88. The summed E-state index contributed by atoms with van der Waals surface area (Å²) in [5, 5.41) is 13.9. The second-order valence-corrected chi connectivity index (χ2v) is 7.77. The van der Waals surface area contributed by atoms with E-state index in [1.54, 1.807) is 18.9 Å². The minimum Gasteiger partial charge on any atom is -0.496 e. The van der Waals surface area contributed by atoms with E-state index in [4.69, 9.17) is 4.74 Å². The largest absolute Gasteiger partial charge is 0.496 e. The number of likely N-dealkylation sites (tertiary alicyclic amines) is 1. The highest BCUT2D eigenvalue weighted by molar-refractivity contribution is 5.98. The molecule has 1 heterocycles. The van der Waals surface area contributed by atoms with Gasteiger partial charge < -0.3 is 15.0 Å². The molecule has 0 saturated carbocycles. The van der Waals surface area contributed by atoms with Gasteiger partial charge in [0.05, 0.1) is 12.0 Å². The Hall–Kier alpha value is -3.42. The number of hydrogen-bond donors (Lipinski definition) is 1. The molecule has 0 radical (unpaired) electrons. The molecule has 1 aliphatic rings. The molecule has 1 atom stereocenters. The van der Waals surface area contributed by atoms with Crippen LogP contribution >= 0.6 is 0 Å². The maximum Gasteiger partial charge on any atom is 0.272 e. The van der Waals surface area contributed by atoms with Gasteiger partial charge in [0.15, 0.2) is 0 Å². The molecule has 31 heavy (non-hydrogen) atoms. The summed E-state index contributed by atoms with van der Waals surface area (Å²) in [5.74, 6) is 0.318. The van der Waals surface area contributed by atoms with Crippen LogP contribution in [-0.4, -0.2) is 47.9 Å². The Bertz CT molecular complexity index is 1000. The van der Waals surface area contributed by atoms with Crippen molar-refractivity contribution in [2.45, 2.75) is 39.2 Å². The first kappa shape index (κ1) is 22.3. The molecule has 1 saturated heterocycles. The number of nitro groups is 1. The van der Waals surface area contributed by atoms with E-state index in [-0.39, 0.29) is 17.5 Å². The van der Waals surface area contributed by atoms with E-state index in [2.05, 4.69) is 5.32 Å². The molecular formula is C23H27N3O5. The van der Waals surface area contributed by atoms with Gasteiger partial charge in [0.25, 0.3) is 11.6 Å². The number of nitrogens with one attached hydrogen (secondary N) is 1. The van der Waals surface area contributed by atoms with Gasteiger partial charge in [-0.2, -0.15) is 0 Å². The first-order chi connectivity index (χ1) is 14.8. The van der Waals surface area contributed by atoms with Crippen molar-refractivity contribution >= 4 is 17.5 Å². The highest BCUT2D eigenvalue weighted by Gasteiger charge is 2.34. The Kier molecular flexibility index (Phi) is 6.89. The van der Waals surface area contributed by atoms with Crippen LogP contribution < -0.4 is 10.1 Å². The van der Waals surface area contributed by atoms with Crippen LogP contribution in [0, 0.1) is 24.0 Å². The zero-order chi connectivity index (χ0) is 22.5. The molecule has 164 valence electrons. The second kappa shape index (κ2) is 9.59. The summed E-state index contributed by atoms with van der Waals surface area (Å²) in [6, 6.07) is 9.68. The quantitative estimate of drug-likeness (QED) is 0.542. The zero-order valence-electron chi connectivity index (χ0n) is 18.0. The summed E-state index contributed by atoms with van der Waals surface area (Å²) in [7, 11) is 1.62. The average molecular weight is 425 g/mol. The molecule has 2 aromatic carbocycles. The van der Waals surface area contributed by atoms with Gasteiger partial charge in [-0.3, -0.25) is 19.7 Å². The SMILES string of the molecule is COc1ccc(C)cc1CCNC(=O)C1CCCN1C(=O)c1ccc([N+](=O)[O-])c(C)c1. The van der Waals surface area contributed by atoms with Gasteiger partial charge in [0.2, 0.25) is 5.91 Å². The van der Waals surface area contributed by atoms with Crippen LogP contribution in [0.2, 0.25) is 0 Å². The number of hydrogen-bond acceptors (Lipinski definition) is 5. The molecule has 8 nitrogen and oxygen atoms in total. The molecule has 8 heteroatoms. The fraction of sp³-hybridized carbons (Fsp3) is 0.391. The van der Waals surface area contributed by atoms with Crippen LogP contribution in [0.1, 0.15) is 39.9 Å². The molecule has 1 aliphatic heterocycles. The monoisotopic (exact) mass is 425 g/mol. The number of carbonyl (C=O) groups is 2. The lowest BCUT2D eigenvalue weighted by Crippen LogP contribution is -2.46. The van der Waals surface area contributed by atoms with Gasteiger partial charge in [0.1, 0.15) is 11.8 Å². The van der Waals surface area contributed by atoms with Gasteiger partial charge >= 0.3 is 0 Å². The van der Waals surface area contributed by atoms with E-state index < -0.39 is 11.0 Å². The van der Waals surface area contributed by atoms with E-state index in [1.807, 2.05) is 25.1 Å². The molecule has 0 bridgehead atoms. The van der Waals surface area contributed by atoms with Gasteiger partial charge in [0, 0.05) is 30.3 Å². The third-order valence-electron chi connectivity index (χ3n) is 5.59. The van der Waals surface area contributed by atoms with E-state index in [0.29, 0.717) is 37.1 Å². The third-order valence-corrected chi connectivity index (χ3v) is 5.59. The number of nitrogens with zero attached hydrogens (tertiary/aromatic N) is 2. The fourth-order valence-corrected chi connectivity index (χ4v) is 3.98. The first-order valence-corrected chi connectivity index (χ1v) is 10.3. The number of methoxy groups -OCH3 is 1. The summed E-state index contributed by atoms with van der Waals surface area (Å²) in [4.78, 5) is 37.9. The zero-order valence-corrected chi connectivity index (χ0v) is 18.0. The van der Waals surface area contributed by atoms with E-state index in [9.17, 15) is 19.7 Å². The van der Waals surface area contributed by atoms with Crippen molar-refractivity contribution in [3.05, 3.63) is 68.8 Å². The Labute approximate surface area is 181 Å². The Morgan fingerprint density at radius 3 is 2.68 bits per heavy atom. The predicted molar refractivity (Wildman–Crippen MR) is 116 cm³/mol. The molecule has 0 aliphatic carbocycles. The van der Waals surface area contributed by atoms with Crippen LogP contribution in [0.4, 0.5) is 5.69 Å². The van der Waals surface area contributed by atoms with Gasteiger partial charge in [-0.05, 0) is 56.9 Å². The molecule has 2 amide bonds. The Morgan fingerprint density at radius 1 is 1.23 bits per heavy atom. The summed E-state index contributed by atoms with van der Waals surface area (Å²) in [6.07, 6.45) is 1.96. The van der Waals surface area contributed by atoms with Crippen molar-refractivity contribution in [3.63, 3.8) is 0 Å². The highest BCUT2D eigenvalue weighted by atomic mass is 16.6. The molecule has 2 aromatic rings. The maximum atomic E-state index is 13.0. The van der Waals surface area contributed by atoms with Crippen molar-refractivity contribution in [1.82, 2.24) is 10.2 Å². The molecule has 0 aromatic heterocycles. The lowest BCUT2D eigenvalue weighted by molar-refractivity contribution is -0.385. The molecular weight excluding hydrogens is 398 g/mol. The standard InChI is InChI=1S/C23H27N3O5/c1-15-6-9-21(31-3)17(13-15)10-11-24-22(27)20-5-4-12-25(20)23(28)18-7-8-19(26(29)30)16(2)14-18/h6-9,13-14,20H,4-5,10-12H2,1-3H3,(H,24,27). The van der Waals surface area contributed by atoms with Crippen molar-refractivity contribution in [3.8, 4) is 5.75 Å². The molecule has 1 N–H and O–H groups in total. The third kappa shape index (κ3) is 5.02. The minimum absolute atomic E-state index is 0.0289.